The number of carbonyl (C=O) groups excluding carboxylic acids is 1. The third-order valence-corrected chi connectivity index (χ3v) is 3.16. The Labute approximate surface area is 121 Å². The van der Waals surface area contributed by atoms with E-state index in [-0.39, 0.29) is 12.4 Å². The Morgan fingerprint density at radius 3 is 2.71 bits per heavy atom. The van der Waals surface area contributed by atoms with E-state index in [4.69, 9.17) is 4.74 Å². The molecule has 1 N–H and O–H groups in total. The number of aromatic nitrogens is 1. The summed E-state index contributed by atoms with van der Waals surface area (Å²) in [6.07, 6.45) is 1.55. The minimum atomic E-state index is -0.433. The zero-order chi connectivity index (χ0) is 14.7. The van der Waals surface area contributed by atoms with E-state index in [1.165, 1.54) is 12.1 Å². The third-order valence-electron chi connectivity index (χ3n) is 3.16. The fraction of sp³-hybridized carbons (Fsp3) is 0.0588. The summed E-state index contributed by atoms with van der Waals surface area (Å²) in [5.74, 6) is -0.343. The lowest BCUT2D eigenvalue weighted by atomic mass is 10.1. The summed E-state index contributed by atoms with van der Waals surface area (Å²) < 4.78 is 5.31. The van der Waals surface area contributed by atoms with Gasteiger partial charge in [-0.2, -0.15) is 0 Å². The summed E-state index contributed by atoms with van der Waals surface area (Å²) in [5.41, 5.74) is 1.96. The number of rotatable bonds is 3. The molecule has 0 saturated carbocycles. The van der Waals surface area contributed by atoms with Crippen molar-refractivity contribution < 1.29 is 14.6 Å². The van der Waals surface area contributed by atoms with Gasteiger partial charge in [0.1, 0.15) is 12.4 Å². The van der Waals surface area contributed by atoms with Crippen LogP contribution in [0.1, 0.15) is 15.9 Å². The first-order valence-corrected chi connectivity index (χ1v) is 6.53. The number of benzene rings is 2. The molecule has 21 heavy (non-hydrogen) atoms. The van der Waals surface area contributed by atoms with Gasteiger partial charge in [0, 0.05) is 11.6 Å². The summed E-state index contributed by atoms with van der Waals surface area (Å²) in [6.45, 7) is 0.211. The summed E-state index contributed by atoms with van der Waals surface area (Å²) in [6, 6.07) is 15.8. The van der Waals surface area contributed by atoms with Crippen molar-refractivity contribution in [3.63, 3.8) is 0 Å². The van der Waals surface area contributed by atoms with Crippen LogP contribution in [0.25, 0.3) is 10.9 Å². The van der Waals surface area contributed by atoms with Gasteiger partial charge in [-0.3, -0.25) is 4.98 Å². The lowest BCUT2D eigenvalue weighted by molar-refractivity contribution is 0.0475. The molecule has 0 spiro atoms. The number of aromatic hydroxyl groups is 1. The smallest absolute Gasteiger partial charge is 0.339 e. The molecule has 0 saturated heterocycles. The number of hydrogen-bond donors (Lipinski definition) is 1. The average Bonchev–Trinajstić information content (AvgIpc) is 2.53. The van der Waals surface area contributed by atoms with E-state index in [2.05, 4.69) is 4.98 Å². The quantitative estimate of drug-likeness (QED) is 0.747. The van der Waals surface area contributed by atoms with Crippen LogP contribution < -0.4 is 0 Å². The Balaban J connectivity index is 1.86. The van der Waals surface area contributed by atoms with Crippen LogP contribution in [0.3, 0.4) is 0 Å². The second-order valence-electron chi connectivity index (χ2n) is 4.62. The largest absolute Gasteiger partial charge is 0.508 e. The standard InChI is InChI=1S/C17H13NO3/c19-13-6-7-16-15(10-13)14(8-9-18-16)17(20)21-11-12-4-2-1-3-5-12/h1-10,19H,11H2. The molecule has 0 atom stereocenters. The number of phenols is 1. The second kappa shape index (κ2) is 5.63. The van der Waals surface area contributed by atoms with Crippen molar-refractivity contribution in [3.05, 3.63) is 71.9 Å². The molecule has 0 unspecified atom stereocenters. The first kappa shape index (κ1) is 13.1. The summed E-state index contributed by atoms with van der Waals surface area (Å²) in [7, 11) is 0. The third kappa shape index (κ3) is 2.84. The van der Waals surface area contributed by atoms with Crippen molar-refractivity contribution in [2.24, 2.45) is 0 Å². The van der Waals surface area contributed by atoms with Gasteiger partial charge >= 0.3 is 5.97 Å². The molecule has 0 aliphatic carbocycles. The Bertz CT molecular complexity index is 784. The molecule has 1 aromatic heterocycles. The Morgan fingerprint density at radius 2 is 1.90 bits per heavy atom. The first-order valence-electron chi connectivity index (χ1n) is 6.53. The van der Waals surface area contributed by atoms with Gasteiger partial charge in [-0.05, 0) is 29.8 Å². The molecular formula is C17H13NO3. The highest BCUT2D eigenvalue weighted by Gasteiger charge is 2.12. The number of carbonyl (C=O) groups is 1. The summed E-state index contributed by atoms with van der Waals surface area (Å²) in [4.78, 5) is 16.4. The van der Waals surface area contributed by atoms with Gasteiger partial charge in [0.15, 0.2) is 0 Å². The van der Waals surface area contributed by atoms with Gasteiger partial charge in [-0.15, -0.1) is 0 Å². The van der Waals surface area contributed by atoms with Gasteiger partial charge < -0.3 is 9.84 Å². The molecule has 0 aliphatic rings. The first-order chi connectivity index (χ1) is 10.2. The Kier molecular flexibility index (Phi) is 3.51. The van der Waals surface area contributed by atoms with E-state index in [1.807, 2.05) is 30.3 Å². The minimum Gasteiger partial charge on any atom is -0.508 e. The van der Waals surface area contributed by atoms with Gasteiger partial charge in [-0.1, -0.05) is 30.3 Å². The van der Waals surface area contributed by atoms with Crippen molar-refractivity contribution in [2.75, 3.05) is 0 Å². The van der Waals surface area contributed by atoms with Crippen LogP contribution in [0.5, 0.6) is 5.75 Å². The van der Waals surface area contributed by atoms with Crippen molar-refractivity contribution in [2.45, 2.75) is 6.61 Å². The van der Waals surface area contributed by atoms with E-state index in [1.54, 1.807) is 18.3 Å². The number of pyridine rings is 1. The number of esters is 1. The molecule has 1 heterocycles. The van der Waals surface area contributed by atoms with Crippen LogP contribution in [-0.2, 0) is 11.3 Å². The molecule has 2 aromatic carbocycles. The number of fused-ring (bicyclic) bond motifs is 1. The minimum absolute atomic E-state index is 0.0904. The zero-order valence-corrected chi connectivity index (χ0v) is 11.2. The molecule has 4 nitrogen and oxygen atoms in total. The monoisotopic (exact) mass is 279 g/mol. The molecule has 0 bridgehead atoms. The molecule has 0 radical (unpaired) electrons. The average molecular weight is 279 g/mol. The maximum absolute atomic E-state index is 12.2. The Hall–Kier alpha value is -2.88. The van der Waals surface area contributed by atoms with Crippen LogP contribution in [-0.4, -0.2) is 16.1 Å². The van der Waals surface area contributed by atoms with Crippen molar-refractivity contribution >= 4 is 16.9 Å². The lowest BCUT2D eigenvalue weighted by Gasteiger charge is -2.07. The molecule has 4 heteroatoms. The normalized spacial score (nSPS) is 10.5. The molecular weight excluding hydrogens is 266 g/mol. The van der Waals surface area contributed by atoms with E-state index in [9.17, 15) is 9.90 Å². The van der Waals surface area contributed by atoms with Crippen LogP contribution in [0, 0.1) is 0 Å². The van der Waals surface area contributed by atoms with Crippen LogP contribution >= 0.6 is 0 Å². The SMILES string of the molecule is O=C(OCc1ccccc1)c1ccnc2ccc(O)cc12. The number of ether oxygens (including phenoxy) is 1. The lowest BCUT2D eigenvalue weighted by Crippen LogP contribution is -2.06. The number of phenolic OH excluding ortho intramolecular Hbond substituents is 1. The van der Waals surface area contributed by atoms with E-state index in [0.717, 1.165) is 5.56 Å². The predicted octanol–water partition coefficient (Wildman–Crippen LogP) is 3.30. The molecule has 3 rings (SSSR count). The van der Waals surface area contributed by atoms with Gasteiger partial charge in [-0.25, -0.2) is 4.79 Å². The van der Waals surface area contributed by atoms with Crippen molar-refractivity contribution in [3.8, 4) is 5.75 Å². The van der Waals surface area contributed by atoms with Gasteiger partial charge in [0.05, 0.1) is 11.1 Å². The summed E-state index contributed by atoms with van der Waals surface area (Å²) >= 11 is 0. The van der Waals surface area contributed by atoms with Gasteiger partial charge in [0.25, 0.3) is 0 Å². The highest BCUT2D eigenvalue weighted by molar-refractivity contribution is 6.03. The van der Waals surface area contributed by atoms with Crippen LogP contribution in [0.4, 0.5) is 0 Å². The summed E-state index contributed by atoms with van der Waals surface area (Å²) in [5, 5.41) is 10.1. The fourth-order valence-electron chi connectivity index (χ4n) is 2.11. The van der Waals surface area contributed by atoms with E-state index >= 15 is 0 Å². The van der Waals surface area contributed by atoms with Crippen molar-refractivity contribution in [1.82, 2.24) is 4.98 Å². The molecule has 3 aromatic rings. The van der Waals surface area contributed by atoms with E-state index in [0.29, 0.717) is 16.5 Å². The van der Waals surface area contributed by atoms with Crippen LogP contribution in [0.15, 0.2) is 60.8 Å². The maximum Gasteiger partial charge on any atom is 0.339 e. The van der Waals surface area contributed by atoms with E-state index < -0.39 is 5.97 Å². The van der Waals surface area contributed by atoms with Crippen LogP contribution in [0.2, 0.25) is 0 Å². The number of nitrogens with zero attached hydrogens (tertiary/aromatic N) is 1. The van der Waals surface area contributed by atoms with Gasteiger partial charge in [0.2, 0.25) is 0 Å². The topological polar surface area (TPSA) is 59.4 Å². The maximum atomic E-state index is 12.2. The molecule has 0 aliphatic heterocycles. The Morgan fingerprint density at radius 1 is 1.10 bits per heavy atom. The second-order valence-corrected chi connectivity index (χ2v) is 4.62. The highest BCUT2D eigenvalue weighted by atomic mass is 16.5. The molecule has 0 fully saturated rings. The number of hydrogen-bond acceptors (Lipinski definition) is 4. The predicted molar refractivity (Wildman–Crippen MR) is 79.0 cm³/mol. The molecule has 104 valence electrons. The molecule has 0 amide bonds. The zero-order valence-electron chi connectivity index (χ0n) is 11.2. The fourth-order valence-corrected chi connectivity index (χ4v) is 2.11. The highest BCUT2D eigenvalue weighted by Crippen LogP contribution is 2.22. The van der Waals surface area contributed by atoms with Crippen molar-refractivity contribution in [1.29, 1.82) is 0 Å².